The van der Waals surface area contributed by atoms with E-state index in [-0.39, 0.29) is 5.41 Å². The second kappa shape index (κ2) is 4.01. The normalized spacial score (nSPS) is 12.3. The minimum absolute atomic E-state index is 0.113. The van der Waals surface area contributed by atoms with E-state index in [0.29, 0.717) is 5.02 Å². The summed E-state index contributed by atoms with van der Waals surface area (Å²) < 4.78 is 0. The third-order valence-electron chi connectivity index (χ3n) is 2.08. The quantitative estimate of drug-likeness (QED) is 0.432. The predicted octanol–water partition coefficient (Wildman–Crippen LogP) is 2.93. The monoisotopic (exact) mass is 210 g/mol. The third-order valence-corrected chi connectivity index (χ3v) is 2.42. The van der Waals surface area contributed by atoms with Gasteiger partial charge in [-0.1, -0.05) is 38.4 Å². The van der Waals surface area contributed by atoms with E-state index in [9.17, 15) is 0 Å². The van der Waals surface area contributed by atoms with Gasteiger partial charge in [-0.15, -0.1) is 0 Å². The Bertz CT molecular complexity index is 351. The predicted molar refractivity (Wildman–Crippen MR) is 61.9 cm³/mol. The van der Waals surface area contributed by atoms with Crippen molar-refractivity contribution in [3.8, 4) is 0 Å². The molecular weight excluding hydrogens is 196 g/mol. The van der Waals surface area contributed by atoms with Crippen LogP contribution in [0.3, 0.4) is 0 Å². The molecule has 0 saturated carbocycles. The molecule has 1 aromatic carbocycles. The minimum Gasteiger partial charge on any atom is -0.323 e. The first-order valence-corrected chi connectivity index (χ1v) is 4.86. The van der Waals surface area contributed by atoms with E-state index in [0.717, 1.165) is 5.56 Å². The Hall–Kier alpha value is -1.02. The molecule has 0 bridgehead atoms. The molecule has 3 heteroatoms. The van der Waals surface area contributed by atoms with E-state index >= 15 is 0 Å². The number of hydrogen-bond donors (Lipinski definition) is 1. The molecule has 0 fully saturated rings. The van der Waals surface area contributed by atoms with Gasteiger partial charge in [-0.2, -0.15) is 5.10 Å². The lowest BCUT2D eigenvalue weighted by atomic mass is 9.86. The molecule has 76 valence electrons. The van der Waals surface area contributed by atoms with E-state index in [1.807, 2.05) is 18.2 Å². The first-order chi connectivity index (χ1) is 6.45. The average molecular weight is 211 g/mol. The van der Waals surface area contributed by atoms with Gasteiger partial charge in [-0.05, 0) is 23.1 Å². The van der Waals surface area contributed by atoms with Crippen LogP contribution in [0.15, 0.2) is 23.3 Å². The smallest absolute Gasteiger partial charge is 0.0553 e. The SMILES string of the molecule is CC(C)(C)c1ccc(Cl)c(C=NN)c1. The van der Waals surface area contributed by atoms with Crippen molar-refractivity contribution in [2.75, 3.05) is 0 Å². The zero-order valence-electron chi connectivity index (χ0n) is 8.71. The fraction of sp³-hybridized carbons (Fsp3) is 0.364. The topological polar surface area (TPSA) is 38.4 Å². The van der Waals surface area contributed by atoms with Gasteiger partial charge in [0, 0.05) is 10.6 Å². The Balaban J connectivity index is 3.19. The Morgan fingerprint density at radius 2 is 2.00 bits per heavy atom. The van der Waals surface area contributed by atoms with Crippen molar-refractivity contribution in [1.82, 2.24) is 0 Å². The zero-order valence-corrected chi connectivity index (χ0v) is 9.47. The summed E-state index contributed by atoms with van der Waals surface area (Å²) in [6.07, 6.45) is 1.57. The number of nitrogens with two attached hydrogens (primary N) is 1. The van der Waals surface area contributed by atoms with Gasteiger partial charge in [0.2, 0.25) is 0 Å². The van der Waals surface area contributed by atoms with Crippen molar-refractivity contribution in [3.05, 3.63) is 34.3 Å². The van der Waals surface area contributed by atoms with Crippen LogP contribution in [0, 0.1) is 0 Å². The van der Waals surface area contributed by atoms with Crippen LogP contribution in [-0.2, 0) is 5.41 Å². The minimum atomic E-state index is 0.113. The van der Waals surface area contributed by atoms with E-state index < -0.39 is 0 Å². The zero-order chi connectivity index (χ0) is 10.8. The highest BCUT2D eigenvalue weighted by molar-refractivity contribution is 6.33. The number of hydrazone groups is 1. The maximum absolute atomic E-state index is 5.98. The van der Waals surface area contributed by atoms with Gasteiger partial charge >= 0.3 is 0 Å². The Kier molecular flexibility index (Phi) is 3.17. The first-order valence-electron chi connectivity index (χ1n) is 4.48. The second-order valence-corrected chi connectivity index (χ2v) is 4.67. The molecule has 0 aromatic heterocycles. The van der Waals surface area contributed by atoms with Crippen molar-refractivity contribution in [2.45, 2.75) is 26.2 Å². The number of hydrogen-bond acceptors (Lipinski definition) is 2. The molecule has 0 heterocycles. The summed E-state index contributed by atoms with van der Waals surface area (Å²) in [4.78, 5) is 0. The number of halogens is 1. The summed E-state index contributed by atoms with van der Waals surface area (Å²) >= 11 is 5.98. The highest BCUT2D eigenvalue weighted by Gasteiger charge is 2.14. The van der Waals surface area contributed by atoms with Gasteiger partial charge in [0.05, 0.1) is 6.21 Å². The lowest BCUT2D eigenvalue weighted by Crippen LogP contribution is -2.11. The fourth-order valence-corrected chi connectivity index (χ4v) is 1.36. The van der Waals surface area contributed by atoms with Crippen LogP contribution in [0.4, 0.5) is 0 Å². The summed E-state index contributed by atoms with van der Waals surface area (Å²) in [7, 11) is 0. The molecule has 1 aromatic rings. The standard InChI is InChI=1S/C11H15ClN2/c1-11(2,3)9-4-5-10(12)8(6-9)7-14-13/h4-7H,13H2,1-3H3. The summed E-state index contributed by atoms with van der Waals surface area (Å²) in [6.45, 7) is 6.46. The van der Waals surface area contributed by atoms with E-state index in [1.165, 1.54) is 5.56 Å². The van der Waals surface area contributed by atoms with Crippen molar-refractivity contribution in [3.63, 3.8) is 0 Å². The molecule has 0 aliphatic heterocycles. The highest BCUT2D eigenvalue weighted by Crippen LogP contribution is 2.25. The van der Waals surface area contributed by atoms with E-state index in [2.05, 4.69) is 25.9 Å². The van der Waals surface area contributed by atoms with Crippen LogP contribution >= 0.6 is 11.6 Å². The van der Waals surface area contributed by atoms with Crippen LogP contribution in [0.1, 0.15) is 31.9 Å². The molecule has 0 aliphatic rings. The average Bonchev–Trinajstić information content (AvgIpc) is 2.07. The molecule has 1 rings (SSSR count). The summed E-state index contributed by atoms with van der Waals surface area (Å²) in [5, 5.41) is 4.15. The Labute approximate surface area is 89.8 Å². The summed E-state index contributed by atoms with van der Waals surface area (Å²) in [6, 6.07) is 5.91. The molecular formula is C11H15ClN2. The molecule has 2 N–H and O–H groups in total. The van der Waals surface area contributed by atoms with Crippen molar-refractivity contribution in [1.29, 1.82) is 0 Å². The lowest BCUT2D eigenvalue weighted by molar-refractivity contribution is 0.590. The van der Waals surface area contributed by atoms with Crippen molar-refractivity contribution in [2.24, 2.45) is 10.9 Å². The van der Waals surface area contributed by atoms with E-state index in [4.69, 9.17) is 17.4 Å². The number of rotatable bonds is 1. The van der Waals surface area contributed by atoms with Crippen LogP contribution in [0.2, 0.25) is 5.02 Å². The molecule has 0 amide bonds. The second-order valence-electron chi connectivity index (χ2n) is 4.26. The summed E-state index contributed by atoms with van der Waals surface area (Å²) in [5.41, 5.74) is 2.19. The molecule has 0 spiro atoms. The number of benzene rings is 1. The van der Waals surface area contributed by atoms with Gasteiger partial charge < -0.3 is 5.84 Å². The lowest BCUT2D eigenvalue weighted by Gasteiger charge is -2.19. The largest absolute Gasteiger partial charge is 0.323 e. The van der Waals surface area contributed by atoms with Crippen LogP contribution in [0.5, 0.6) is 0 Å². The summed E-state index contributed by atoms with van der Waals surface area (Å²) in [5.74, 6) is 5.10. The molecule has 0 atom stereocenters. The molecule has 0 aliphatic carbocycles. The molecule has 0 saturated heterocycles. The van der Waals surface area contributed by atoms with Crippen molar-refractivity contribution < 1.29 is 0 Å². The first kappa shape index (κ1) is 11.1. The maximum Gasteiger partial charge on any atom is 0.0553 e. The van der Waals surface area contributed by atoms with Gasteiger partial charge in [-0.25, -0.2) is 0 Å². The van der Waals surface area contributed by atoms with Gasteiger partial charge in [0.15, 0.2) is 0 Å². The fourth-order valence-electron chi connectivity index (χ4n) is 1.19. The number of nitrogens with zero attached hydrogens (tertiary/aromatic N) is 1. The third kappa shape index (κ3) is 2.48. The maximum atomic E-state index is 5.98. The Morgan fingerprint density at radius 1 is 1.36 bits per heavy atom. The van der Waals surface area contributed by atoms with Crippen LogP contribution in [0.25, 0.3) is 0 Å². The molecule has 14 heavy (non-hydrogen) atoms. The Morgan fingerprint density at radius 3 is 2.50 bits per heavy atom. The van der Waals surface area contributed by atoms with Crippen molar-refractivity contribution >= 4 is 17.8 Å². The van der Waals surface area contributed by atoms with Crippen LogP contribution < -0.4 is 5.84 Å². The van der Waals surface area contributed by atoms with Gasteiger partial charge in [0.25, 0.3) is 0 Å². The highest BCUT2D eigenvalue weighted by atomic mass is 35.5. The van der Waals surface area contributed by atoms with E-state index in [1.54, 1.807) is 6.21 Å². The molecule has 0 unspecified atom stereocenters. The van der Waals surface area contributed by atoms with Gasteiger partial charge in [-0.3, -0.25) is 0 Å². The van der Waals surface area contributed by atoms with Gasteiger partial charge in [0.1, 0.15) is 0 Å². The molecule has 0 radical (unpaired) electrons. The van der Waals surface area contributed by atoms with Crippen LogP contribution in [-0.4, -0.2) is 6.21 Å². The molecule has 2 nitrogen and oxygen atoms in total.